The highest BCUT2D eigenvalue weighted by molar-refractivity contribution is 6.46. The molecular weight excluding hydrogens is 540 g/mol. The maximum absolute atomic E-state index is 13.6. The number of ketones is 1. The number of benzene rings is 2. The van der Waals surface area contributed by atoms with Crippen molar-refractivity contribution in [3.05, 3.63) is 52.6 Å². The Kier molecular flexibility index (Phi) is 10.3. The molecule has 2 aliphatic heterocycles. The molecular formula is C32H42N2O8. The zero-order valence-electron chi connectivity index (χ0n) is 25.4. The molecule has 228 valence electrons. The lowest BCUT2D eigenvalue weighted by molar-refractivity contribution is -0.140. The molecule has 10 heteroatoms. The number of aliphatic hydroxyl groups is 1. The number of methoxy groups -OCH3 is 3. The second kappa shape index (κ2) is 13.9. The molecule has 0 spiro atoms. The zero-order valence-corrected chi connectivity index (χ0v) is 25.4. The fraction of sp³-hybridized carbons (Fsp3) is 0.500. The Balaban J connectivity index is 1.77. The van der Waals surface area contributed by atoms with Crippen LogP contribution in [0.4, 0.5) is 0 Å². The number of carbonyl (C=O) groups excluding carboxylic acids is 2. The van der Waals surface area contributed by atoms with Crippen LogP contribution in [-0.2, 0) is 14.3 Å². The molecule has 0 radical (unpaired) electrons. The first-order chi connectivity index (χ1) is 20.2. The monoisotopic (exact) mass is 582 g/mol. The molecule has 2 heterocycles. The fourth-order valence-corrected chi connectivity index (χ4v) is 5.38. The van der Waals surface area contributed by atoms with Gasteiger partial charge >= 0.3 is 0 Å². The molecule has 2 aliphatic rings. The van der Waals surface area contributed by atoms with E-state index in [4.69, 9.17) is 23.7 Å². The summed E-state index contributed by atoms with van der Waals surface area (Å²) < 4.78 is 28.0. The Morgan fingerprint density at radius 2 is 1.64 bits per heavy atom. The number of likely N-dealkylation sites (tertiary alicyclic amines) is 1. The molecule has 1 atom stereocenters. The largest absolute Gasteiger partial charge is 0.507 e. The Morgan fingerprint density at radius 3 is 2.21 bits per heavy atom. The van der Waals surface area contributed by atoms with E-state index in [1.807, 2.05) is 6.92 Å². The SMILES string of the molecule is COc1cc([C@H]2C(=C(O)c3ccc(OCC(C)C)c(C)c3)C(=O)C(=O)N2CCCN2CCOCC2)cc(OC)c1OC. The molecule has 0 aromatic heterocycles. The lowest BCUT2D eigenvalue weighted by atomic mass is 9.94. The summed E-state index contributed by atoms with van der Waals surface area (Å²) >= 11 is 0. The number of rotatable bonds is 12. The fourth-order valence-electron chi connectivity index (χ4n) is 5.38. The van der Waals surface area contributed by atoms with Crippen LogP contribution >= 0.6 is 0 Å². The van der Waals surface area contributed by atoms with Crippen molar-refractivity contribution in [2.24, 2.45) is 5.92 Å². The molecule has 2 fully saturated rings. The molecule has 2 aromatic rings. The summed E-state index contributed by atoms with van der Waals surface area (Å²) in [6, 6.07) is 7.82. The minimum atomic E-state index is -0.861. The van der Waals surface area contributed by atoms with E-state index < -0.39 is 17.7 Å². The standard InChI is InChI=1S/C32H42N2O8/c1-20(2)19-42-24-9-8-22(16-21(24)3)29(35)27-28(23-17-25(38-4)31(40-6)26(18-23)39-5)34(32(37)30(27)36)11-7-10-33-12-14-41-15-13-33/h8-9,16-18,20,28,35H,7,10-15,19H2,1-6H3/t28-/m0/s1. The van der Waals surface area contributed by atoms with Crippen LogP contribution < -0.4 is 18.9 Å². The summed E-state index contributed by atoms with van der Waals surface area (Å²) in [5, 5.41) is 11.6. The summed E-state index contributed by atoms with van der Waals surface area (Å²) in [5.74, 6) is 0.560. The second-order valence-corrected chi connectivity index (χ2v) is 10.9. The van der Waals surface area contributed by atoms with Crippen LogP contribution in [0.5, 0.6) is 23.0 Å². The van der Waals surface area contributed by atoms with Crippen LogP contribution in [0.3, 0.4) is 0 Å². The maximum atomic E-state index is 13.6. The van der Waals surface area contributed by atoms with E-state index in [-0.39, 0.29) is 11.3 Å². The number of ether oxygens (including phenoxy) is 5. The average molecular weight is 583 g/mol. The van der Waals surface area contributed by atoms with Gasteiger partial charge in [0, 0.05) is 31.7 Å². The van der Waals surface area contributed by atoms with Gasteiger partial charge in [-0.2, -0.15) is 0 Å². The third kappa shape index (κ3) is 6.65. The Labute approximate surface area is 247 Å². The lowest BCUT2D eigenvalue weighted by Gasteiger charge is -2.29. The van der Waals surface area contributed by atoms with Gasteiger partial charge in [0.2, 0.25) is 5.75 Å². The summed E-state index contributed by atoms with van der Waals surface area (Å²) in [4.78, 5) is 30.9. The van der Waals surface area contributed by atoms with Gasteiger partial charge in [-0.25, -0.2) is 0 Å². The highest BCUT2D eigenvalue weighted by atomic mass is 16.5. The van der Waals surface area contributed by atoms with Crippen LogP contribution in [-0.4, -0.2) is 93.9 Å². The molecule has 2 aromatic carbocycles. The first kappa shape index (κ1) is 31.2. The van der Waals surface area contributed by atoms with Crippen molar-refractivity contribution in [2.75, 3.05) is 67.3 Å². The quantitative estimate of drug-likeness (QED) is 0.224. The van der Waals surface area contributed by atoms with Crippen molar-refractivity contribution in [1.29, 1.82) is 0 Å². The number of hydrogen-bond donors (Lipinski definition) is 1. The first-order valence-corrected chi connectivity index (χ1v) is 14.3. The van der Waals surface area contributed by atoms with Gasteiger partial charge in [0.05, 0.1) is 52.8 Å². The minimum Gasteiger partial charge on any atom is -0.507 e. The predicted molar refractivity (Wildman–Crippen MR) is 158 cm³/mol. The number of morpholine rings is 1. The molecule has 0 bridgehead atoms. The molecule has 2 saturated heterocycles. The van der Waals surface area contributed by atoms with Gasteiger partial charge in [-0.1, -0.05) is 13.8 Å². The smallest absolute Gasteiger partial charge is 0.295 e. The molecule has 0 aliphatic carbocycles. The van der Waals surface area contributed by atoms with Gasteiger partial charge in [0.1, 0.15) is 11.5 Å². The van der Waals surface area contributed by atoms with Gasteiger partial charge in [-0.15, -0.1) is 0 Å². The van der Waals surface area contributed by atoms with E-state index in [0.717, 1.165) is 25.2 Å². The molecule has 0 saturated carbocycles. The van der Waals surface area contributed by atoms with Crippen molar-refractivity contribution in [2.45, 2.75) is 33.2 Å². The topological polar surface area (TPSA) is 107 Å². The van der Waals surface area contributed by atoms with Crippen molar-refractivity contribution in [1.82, 2.24) is 9.80 Å². The van der Waals surface area contributed by atoms with Crippen LogP contribution in [0.15, 0.2) is 35.9 Å². The van der Waals surface area contributed by atoms with Crippen molar-refractivity contribution in [3.63, 3.8) is 0 Å². The molecule has 0 unspecified atom stereocenters. The number of carbonyl (C=O) groups is 2. The third-order valence-electron chi connectivity index (χ3n) is 7.54. The molecule has 4 rings (SSSR count). The number of amides is 1. The summed E-state index contributed by atoms with van der Waals surface area (Å²) in [6.07, 6.45) is 0.648. The molecule has 42 heavy (non-hydrogen) atoms. The Hall–Kier alpha value is -3.76. The summed E-state index contributed by atoms with van der Waals surface area (Å²) in [6.45, 7) is 10.7. The van der Waals surface area contributed by atoms with E-state index in [1.54, 1.807) is 30.3 Å². The normalized spacial score (nSPS) is 18.9. The summed E-state index contributed by atoms with van der Waals surface area (Å²) in [5.41, 5.74) is 1.80. The van der Waals surface area contributed by atoms with Crippen molar-refractivity contribution in [3.8, 4) is 23.0 Å². The Morgan fingerprint density at radius 1 is 0.976 bits per heavy atom. The Bertz CT molecular complexity index is 1290. The van der Waals surface area contributed by atoms with Gasteiger partial charge in [-0.05, 0) is 60.7 Å². The van der Waals surface area contributed by atoms with Crippen molar-refractivity contribution < 1.29 is 38.4 Å². The van der Waals surface area contributed by atoms with Crippen LogP contribution in [0, 0.1) is 12.8 Å². The number of aryl methyl sites for hydroxylation is 1. The maximum Gasteiger partial charge on any atom is 0.295 e. The molecule has 1 amide bonds. The first-order valence-electron chi connectivity index (χ1n) is 14.3. The van der Waals surface area contributed by atoms with E-state index in [0.29, 0.717) is 72.8 Å². The zero-order chi connectivity index (χ0) is 30.4. The summed E-state index contributed by atoms with van der Waals surface area (Å²) in [7, 11) is 4.52. The van der Waals surface area contributed by atoms with Crippen LogP contribution in [0.1, 0.15) is 43.0 Å². The predicted octanol–water partition coefficient (Wildman–Crippen LogP) is 4.20. The van der Waals surface area contributed by atoms with Crippen molar-refractivity contribution >= 4 is 17.4 Å². The van der Waals surface area contributed by atoms with Gasteiger partial charge < -0.3 is 33.7 Å². The van der Waals surface area contributed by atoms with E-state index in [2.05, 4.69) is 18.7 Å². The van der Waals surface area contributed by atoms with Crippen LogP contribution in [0.25, 0.3) is 5.76 Å². The molecule has 10 nitrogen and oxygen atoms in total. The third-order valence-corrected chi connectivity index (χ3v) is 7.54. The average Bonchev–Trinajstić information content (AvgIpc) is 3.24. The van der Waals surface area contributed by atoms with E-state index >= 15 is 0 Å². The van der Waals surface area contributed by atoms with Crippen LogP contribution in [0.2, 0.25) is 0 Å². The highest BCUT2D eigenvalue weighted by Crippen LogP contribution is 2.46. The van der Waals surface area contributed by atoms with Gasteiger partial charge in [0.25, 0.3) is 11.7 Å². The van der Waals surface area contributed by atoms with Gasteiger partial charge in [0.15, 0.2) is 11.5 Å². The number of aliphatic hydroxyl groups excluding tert-OH is 1. The van der Waals surface area contributed by atoms with Gasteiger partial charge in [-0.3, -0.25) is 14.5 Å². The lowest BCUT2D eigenvalue weighted by Crippen LogP contribution is -2.39. The minimum absolute atomic E-state index is 0.0101. The molecule has 1 N–H and O–H groups in total. The van der Waals surface area contributed by atoms with E-state index in [9.17, 15) is 14.7 Å². The number of hydrogen-bond acceptors (Lipinski definition) is 9. The highest BCUT2D eigenvalue weighted by Gasteiger charge is 2.46. The number of nitrogens with zero attached hydrogens (tertiary/aromatic N) is 2. The second-order valence-electron chi connectivity index (χ2n) is 10.9. The number of Topliss-reactive ketones (excluding diaryl/α,β-unsaturated/α-hetero) is 1. The van der Waals surface area contributed by atoms with E-state index in [1.165, 1.54) is 26.2 Å².